The van der Waals surface area contributed by atoms with E-state index in [4.69, 9.17) is 4.74 Å². The molecule has 1 aliphatic rings. The number of aryl methyl sites for hydroxylation is 1. The van der Waals surface area contributed by atoms with Crippen molar-refractivity contribution in [3.05, 3.63) is 58.8 Å². The number of rotatable bonds is 5. The molecule has 0 aliphatic heterocycles. The summed E-state index contributed by atoms with van der Waals surface area (Å²) in [5, 5.41) is 3.16. The summed E-state index contributed by atoms with van der Waals surface area (Å²) < 4.78 is 6.11. The molecule has 0 spiro atoms. The third-order valence-electron chi connectivity index (χ3n) is 6.32. The quantitative estimate of drug-likeness (QED) is 0.246. The molecule has 0 aromatic heterocycles. The van der Waals surface area contributed by atoms with E-state index in [-0.39, 0.29) is 31.3 Å². The summed E-state index contributed by atoms with van der Waals surface area (Å²) in [6.07, 6.45) is 3.69. The minimum atomic E-state index is -1.89. The predicted molar refractivity (Wildman–Crippen MR) is 174 cm³/mol. The Balaban J connectivity index is 0. The molecule has 1 aromatic carbocycles. The van der Waals surface area contributed by atoms with Gasteiger partial charge in [-0.15, -0.1) is 23.1 Å². The van der Waals surface area contributed by atoms with E-state index in [0.29, 0.717) is 5.92 Å². The Bertz CT molecular complexity index is 897. The molecule has 1 atom stereocenters. The zero-order chi connectivity index (χ0) is 28.9. The second-order valence-electron chi connectivity index (χ2n) is 14.1. The standard InChI is InChI=1S/C24H37OSi.2C4H11Si.Sc/c1-11-26(12-2,23-18(5)15-17(4)19(23)6)21-14-16(3)13-20(22(21)25-10)24(7,8)9;2*1-5(2,3)4;/h13-14,18H,11-12H2,1-10H3;2*1H2,2-4H3;/q3*-1;+3. The smallest absolute Gasteiger partial charge is 0.497 e. The van der Waals surface area contributed by atoms with Crippen molar-refractivity contribution < 1.29 is 30.6 Å². The Morgan fingerprint density at radius 3 is 1.57 bits per heavy atom. The van der Waals surface area contributed by atoms with E-state index >= 15 is 0 Å². The second-order valence-corrected chi connectivity index (χ2v) is 29.0. The first-order valence-corrected chi connectivity index (χ1v) is 23.6. The molecular formula is C32H59OScSi3. The SMILES string of the molecule is CC[Si](CC)(C1=C(C)C(C)=[C-]C1C)c1cc(C)cc(C(C)(C)C)c1OC.[CH2-][Si](C)(C)C.[CH2-][Si](C)(C)C.[Sc+3]. The van der Waals surface area contributed by atoms with Gasteiger partial charge in [-0.1, -0.05) is 123 Å². The van der Waals surface area contributed by atoms with E-state index in [9.17, 15) is 0 Å². The molecule has 0 amide bonds. The fraction of sp³-hybridized carbons (Fsp3) is 0.625. The van der Waals surface area contributed by atoms with Crippen LogP contribution in [0.25, 0.3) is 0 Å². The molecule has 2 rings (SSSR count). The topological polar surface area (TPSA) is 9.23 Å². The van der Waals surface area contributed by atoms with Crippen LogP contribution in [0, 0.1) is 32.0 Å². The number of ether oxygens (including phenoxy) is 1. The molecule has 0 heterocycles. The van der Waals surface area contributed by atoms with Gasteiger partial charge in [0.15, 0.2) is 0 Å². The average molecular weight is 589 g/mol. The van der Waals surface area contributed by atoms with Gasteiger partial charge in [-0.25, -0.2) is 11.1 Å². The third kappa shape index (κ3) is 12.4. The zero-order valence-corrected chi connectivity index (χ0v) is 32.3. The van der Waals surface area contributed by atoms with Crippen molar-refractivity contribution in [1.82, 2.24) is 0 Å². The first kappa shape index (κ1) is 39.2. The molecular weight excluding hydrogens is 530 g/mol. The summed E-state index contributed by atoms with van der Waals surface area (Å²) in [6.45, 7) is 41.8. The molecule has 37 heavy (non-hydrogen) atoms. The first-order valence-electron chi connectivity index (χ1n) is 13.8. The van der Waals surface area contributed by atoms with Gasteiger partial charge in [-0.2, -0.15) is 5.20 Å². The van der Waals surface area contributed by atoms with Crippen LogP contribution in [0.4, 0.5) is 0 Å². The van der Waals surface area contributed by atoms with Crippen molar-refractivity contribution in [1.29, 1.82) is 0 Å². The van der Waals surface area contributed by atoms with Gasteiger partial charge in [-0.05, 0) is 23.1 Å². The van der Waals surface area contributed by atoms with Crippen LogP contribution < -0.4 is 9.92 Å². The number of hydrogen-bond donors (Lipinski definition) is 0. The van der Waals surface area contributed by atoms with Gasteiger partial charge in [0.1, 0.15) is 5.75 Å². The zero-order valence-electron chi connectivity index (χ0n) is 27.5. The minimum Gasteiger partial charge on any atom is -0.497 e. The van der Waals surface area contributed by atoms with Gasteiger partial charge in [-0.3, -0.25) is 6.08 Å². The summed E-state index contributed by atoms with van der Waals surface area (Å²) in [5.41, 5.74) is 5.58. The Morgan fingerprint density at radius 2 is 1.30 bits per heavy atom. The Hall–Kier alpha value is 0.0208. The van der Waals surface area contributed by atoms with E-state index in [1.807, 2.05) is 7.11 Å². The molecule has 1 unspecified atom stereocenters. The Kier molecular flexibility index (Phi) is 16.0. The summed E-state index contributed by atoms with van der Waals surface area (Å²) in [7, 11) is -1.76. The van der Waals surface area contributed by atoms with Gasteiger partial charge in [0.25, 0.3) is 0 Å². The molecule has 1 nitrogen and oxygen atoms in total. The molecule has 208 valence electrons. The predicted octanol–water partition coefficient (Wildman–Crippen LogP) is 9.64. The van der Waals surface area contributed by atoms with Crippen LogP contribution in [0.2, 0.25) is 51.4 Å². The van der Waals surface area contributed by atoms with Crippen LogP contribution >= 0.6 is 0 Å². The van der Waals surface area contributed by atoms with E-state index in [0.717, 1.165) is 5.75 Å². The van der Waals surface area contributed by atoms with Crippen molar-refractivity contribution in [2.45, 2.75) is 119 Å². The first-order chi connectivity index (χ1) is 16.0. The molecule has 1 aromatic rings. The molecule has 0 N–H and O–H groups in total. The maximum absolute atomic E-state index is 6.11. The molecule has 0 bridgehead atoms. The van der Waals surface area contributed by atoms with Crippen molar-refractivity contribution in [3.63, 3.8) is 0 Å². The number of benzene rings is 1. The normalized spacial score (nSPS) is 16.2. The van der Waals surface area contributed by atoms with Crippen LogP contribution in [-0.2, 0) is 31.3 Å². The van der Waals surface area contributed by atoms with E-state index in [1.165, 1.54) is 39.5 Å². The number of allylic oxidation sites excluding steroid dienone is 4. The molecule has 1 aliphatic carbocycles. The van der Waals surface area contributed by atoms with Gasteiger partial charge in [0.2, 0.25) is 0 Å². The third-order valence-corrected chi connectivity index (χ3v) is 12.0. The van der Waals surface area contributed by atoms with Crippen LogP contribution in [0.1, 0.15) is 66.5 Å². The summed E-state index contributed by atoms with van der Waals surface area (Å²) in [5.74, 6) is 1.56. The monoisotopic (exact) mass is 588 g/mol. The van der Waals surface area contributed by atoms with Gasteiger partial charge >= 0.3 is 25.8 Å². The Morgan fingerprint density at radius 1 is 0.892 bits per heavy atom. The van der Waals surface area contributed by atoms with Crippen LogP contribution in [0.15, 0.2) is 28.5 Å². The fourth-order valence-electron chi connectivity index (χ4n) is 4.87. The number of hydrogen-bond acceptors (Lipinski definition) is 1. The molecule has 0 radical (unpaired) electrons. The summed E-state index contributed by atoms with van der Waals surface area (Å²) in [6, 6.07) is 7.16. The second kappa shape index (κ2) is 15.1. The molecule has 0 saturated heterocycles. The summed E-state index contributed by atoms with van der Waals surface area (Å²) >= 11 is 0. The van der Waals surface area contributed by atoms with Crippen molar-refractivity contribution >= 4 is 29.4 Å². The summed E-state index contributed by atoms with van der Waals surface area (Å²) in [4.78, 5) is 0. The van der Waals surface area contributed by atoms with Crippen LogP contribution in [0.5, 0.6) is 5.75 Å². The fourth-order valence-corrected chi connectivity index (χ4v) is 10.2. The van der Waals surface area contributed by atoms with E-state index in [2.05, 4.69) is 133 Å². The Labute approximate surface area is 255 Å². The molecule has 0 saturated carbocycles. The van der Waals surface area contributed by atoms with Gasteiger partial charge in [0.05, 0.1) is 15.2 Å². The van der Waals surface area contributed by atoms with E-state index in [1.54, 1.807) is 5.20 Å². The van der Waals surface area contributed by atoms with E-state index < -0.39 is 24.2 Å². The average Bonchev–Trinajstić information content (AvgIpc) is 2.92. The minimum absolute atomic E-state index is 0. The number of methoxy groups -OCH3 is 1. The maximum atomic E-state index is 6.11. The van der Waals surface area contributed by atoms with Crippen molar-refractivity contribution in [2.75, 3.05) is 7.11 Å². The maximum Gasteiger partial charge on any atom is 3.00 e. The van der Waals surface area contributed by atoms with Crippen molar-refractivity contribution in [3.8, 4) is 5.75 Å². The largest absolute Gasteiger partial charge is 3.00 e. The molecule has 0 fully saturated rings. The van der Waals surface area contributed by atoms with Gasteiger partial charge < -0.3 is 17.8 Å². The van der Waals surface area contributed by atoms with Crippen molar-refractivity contribution in [2.24, 2.45) is 5.92 Å². The van der Waals surface area contributed by atoms with Crippen LogP contribution in [-0.4, -0.2) is 31.3 Å². The van der Waals surface area contributed by atoms with Crippen LogP contribution in [0.3, 0.4) is 0 Å². The van der Waals surface area contributed by atoms with Gasteiger partial charge in [0, 0.05) is 0 Å². The molecule has 5 heteroatoms.